The molecule has 1 aromatic heterocycles. The minimum Gasteiger partial charge on any atom is -0.478 e. The first-order valence-electron chi connectivity index (χ1n) is 5.73. The second kappa shape index (κ2) is 4.27. The van der Waals surface area contributed by atoms with E-state index in [4.69, 9.17) is 10.2 Å². The Labute approximate surface area is 112 Å². The number of carboxylic acid groups (broad SMARTS) is 2. The summed E-state index contributed by atoms with van der Waals surface area (Å²) in [6, 6.07) is 9.02. The Morgan fingerprint density at radius 3 is 2.35 bits per heavy atom. The standard InChI is InChI=1S/C14H8N2O4/c17-13(18)7-4-5-9-11(6-7)15-10-3-1-2-8(14(19)20)12(10)16-9/h1-6H,(H,17,18)(H,19,20). The lowest BCUT2D eigenvalue weighted by molar-refractivity contribution is 0.0687. The minimum absolute atomic E-state index is 0.0687. The number of para-hydroxylation sites is 1. The number of aromatic carboxylic acids is 2. The Morgan fingerprint density at radius 1 is 0.850 bits per heavy atom. The molecule has 0 aliphatic carbocycles. The molecule has 0 unspecified atom stereocenters. The number of aromatic nitrogens is 2. The van der Waals surface area contributed by atoms with Gasteiger partial charge in [0.05, 0.1) is 27.7 Å². The van der Waals surface area contributed by atoms with Crippen molar-refractivity contribution >= 4 is 34.0 Å². The first-order chi connectivity index (χ1) is 9.56. The summed E-state index contributed by atoms with van der Waals surface area (Å²) in [6.45, 7) is 0. The van der Waals surface area contributed by atoms with Gasteiger partial charge in [-0.2, -0.15) is 0 Å². The quantitative estimate of drug-likeness (QED) is 0.691. The Bertz CT molecular complexity index is 873. The summed E-state index contributed by atoms with van der Waals surface area (Å²) in [4.78, 5) is 30.6. The summed E-state index contributed by atoms with van der Waals surface area (Å²) in [7, 11) is 0. The zero-order chi connectivity index (χ0) is 14.3. The molecule has 6 heteroatoms. The van der Waals surface area contributed by atoms with Crippen LogP contribution in [-0.4, -0.2) is 32.1 Å². The summed E-state index contributed by atoms with van der Waals surface area (Å²) < 4.78 is 0. The van der Waals surface area contributed by atoms with Crippen LogP contribution in [0.2, 0.25) is 0 Å². The Kier molecular flexibility index (Phi) is 2.57. The molecule has 1 heterocycles. The third kappa shape index (κ3) is 1.83. The molecular formula is C14H8N2O4. The largest absolute Gasteiger partial charge is 0.478 e. The zero-order valence-electron chi connectivity index (χ0n) is 10.1. The van der Waals surface area contributed by atoms with Gasteiger partial charge in [-0.15, -0.1) is 0 Å². The predicted octanol–water partition coefficient (Wildman–Crippen LogP) is 2.18. The molecule has 0 atom stereocenters. The van der Waals surface area contributed by atoms with E-state index in [0.717, 1.165) is 0 Å². The smallest absolute Gasteiger partial charge is 0.337 e. The molecule has 0 saturated carbocycles. The van der Waals surface area contributed by atoms with Gasteiger partial charge in [-0.25, -0.2) is 19.6 Å². The van der Waals surface area contributed by atoms with Crippen molar-refractivity contribution in [1.82, 2.24) is 9.97 Å². The third-order valence-corrected chi connectivity index (χ3v) is 2.94. The molecular weight excluding hydrogens is 260 g/mol. The van der Waals surface area contributed by atoms with Gasteiger partial charge in [0.25, 0.3) is 0 Å². The van der Waals surface area contributed by atoms with E-state index < -0.39 is 11.9 Å². The molecule has 0 amide bonds. The molecule has 3 aromatic rings. The average Bonchev–Trinajstić information content (AvgIpc) is 2.43. The normalized spacial score (nSPS) is 10.8. The maximum atomic E-state index is 11.1. The monoisotopic (exact) mass is 268 g/mol. The molecule has 0 aliphatic heterocycles. The maximum Gasteiger partial charge on any atom is 0.337 e. The van der Waals surface area contributed by atoms with E-state index in [0.29, 0.717) is 16.6 Å². The number of hydrogen-bond acceptors (Lipinski definition) is 4. The van der Waals surface area contributed by atoms with Crippen LogP contribution in [0.1, 0.15) is 20.7 Å². The summed E-state index contributed by atoms with van der Waals surface area (Å²) in [6.07, 6.45) is 0. The highest BCUT2D eigenvalue weighted by Gasteiger charge is 2.12. The van der Waals surface area contributed by atoms with Crippen LogP contribution in [0, 0.1) is 0 Å². The third-order valence-electron chi connectivity index (χ3n) is 2.94. The van der Waals surface area contributed by atoms with Gasteiger partial charge < -0.3 is 10.2 Å². The van der Waals surface area contributed by atoms with Crippen molar-refractivity contribution in [2.45, 2.75) is 0 Å². The topological polar surface area (TPSA) is 100 Å². The van der Waals surface area contributed by atoms with Crippen molar-refractivity contribution in [2.75, 3.05) is 0 Å². The molecule has 3 rings (SSSR count). The molecule has 0 spiro atoms. The fourth-order valence-corrected chi connectivity index (χ4v) is 2.00. The SMILES string of the molecule is O=C(O)c1ccc2nc3c(C(=O)O)cccc3nc2c1. The number of benzene rings is 2. The van der Waals surface area contributed by atoms with Crippen molar-refractivity contribution in [3.05, 3.63) is 47.5 Å². The van der Waals surface area contributed by atoms with Gasteiger partial charge >= 0.3 is 11.9 Å². The molecule has 0 bridgehead atoms. The molecule has 98 valence electrons. The molecule has 0 saturated heterocycles. The van der Waals surface area contributed by atoms with E-state index in [1.165, 1.54) is 24.3 Å². The van der Waals surface area contributed by atoms with Crippen molar-refractivity contribution < 1.29 is 19.8 Å². The number of carbonyl (C=O) groups is 2. The van der Waals surface area contributed by atoms with Gasteiger partial charge in [0.2, 0.25) is 0 Å². The number of carboxylic acids is 2. The van der Waals surface area contributed by atoms with Crippen LogP contribution in [0.5, 0.6) is 0 Å². The second-order valence-electron chi connectivity index (χ2n) is 4.21. The number of rotatable bonds is 2. The summed E-state index contributed by atoms with van der Waals surface area (Å²) in [5.74, 6) is -2.13. The van der Waals surface area contributed by atoms with Crippen LogP contribution in [0.25, 0.3) is 22.1 Å². The second-order valence-corrected chi connectivity index (χ2v) is 4.21. The first kappa shape index (κ1) is 12.0. The molecule has 6 nitrogen and oxygen atoms in total. The summed E-state index contributed by atoms with van der Waals surface area (Å²) >= 11 is 0. The molecule has 2 aromatic carbocycles. The lowest BCUT2D eigenvalue weighted by Crippen LogP contribution is -2.01. The van der Waals surface area contributed by atoms with Gasteiger partial charge in [-0.1, -0.05) is 6.07 Å². The molecule has 0 fully saturated rings. The molecule has 0 aliphatic rings. The van der Waals surface area contributed by atoms with Crippen LogP contribution >= 0.6 is 0 Å². The molecule has 2 N–H and O–H groups in total. The van der Waals surface area contributed by atoms with Gasteiger partial charge in [0.1, 0.15) is 5.52 Å². The van der Waals surface area contributed by atoms with E-state index in [-0.39, 0.29) is 16.6 Å². The van der Waals surface area contributed by atoms with E-state index >= 15 is 0 Å². The van der Waals surface area contributed by atoms with E-state index in [9.17, 15) is 9.59 Å². The minimum atomic E-state index is -1.08. The van der Waals surface area contributed by atoms with Crippen molar-refractivity contribution in [3.8, 4) is 0 Å². The van der Waals surface area contributed by atoms with Crippen LogP contribution in [0.15, 0.2) is 36.4 Å². The van der Waals surface area contributed by atoms with Crippen LogP contribution in [0.4, 0.5) is 0 Å². The lowest BCUT2D eigenvalue weighted by atomic mass is 10.1. The highest BCUT2D eigenvalue weighted by molar-refractivity contribution is 6.03. The van der Waals surface area contributed by atoms with Gasteiger partial charge in [0, 0.05) is 0 Å². The number of hydrogen-bond donors (Lipinski definition) is 2. The van der Waals surface area contributed by atoms with Crippen molar-refractivity contribution in [2.24, 2.45) is 0 Å². The molecule has 20 heavy (non-hydrogen) atoms. The van der Waals surface area contributed by atoms with Gasteiger partial charge in [-0.3, -0.25) is 0 Å². The fourth-order valence-electron chi connectivity index (χ4n) is 2.00. The first-order valence-corrected chi connectivity index (χ1v) is 5.73. The lowest BCUT2D eigenvalue weighted by Gasteiger charge is -2.04. The average molecular weight is 268 g/mol. The van der Waals surface area contributed by atoms with E-state index in [1.54, 1.807) is 12.1 Å². The Morgan fingerprint density at radius 2 is 1.65 bits per heavy atom. The van der Waals surface area contributed by atoms with Gasteiger partial charge in [-0.05, 0) is 30.3 Å². The van der Waals surface area contributed by atoms with Crippen LogP contribution < -0.4 is 0 Å². The van der Waals surface area contributed by atoms with Gasteiger partial charge in [0.15, 0.2) is 0 Å². The van der Waals surface area contributed by atoms with E-state index in [1.807, 2.05) is 0 Å². The maximum absolute atomic E-state index is 11.1. The Balaban J connectivity index is 2.36. The Hall–Kier alpha value is -3.02. The van der Waals surface area contributed by atoms with Crippen LogP contribution in [0.3, 0.4) is 0 Å². The summed E-state index contributed by atoms with van der Waals surface area (Å²) in [5.41, 5.74) is 1.76. The highest BCUT2D eigenvalue weighted by atomic mass is 16.4. The van der Waals surface area contributed by atoms with Crippen molar-refractivity contribution in [3.63, 3.8) is 0 Å². The van der Waals surface area contributed by atoms with Crippen molar-refractivity contribution in [1.29, 1.82) is 0 Å². The molecule has 0 radical (unpaired) electrons. The highest BCUT2D eigenvalue weighted by Crippen LogP contribution is 2.20. The van der Waals surface area contributed by atoms with E-state index in [2.05, 4.69) is 9.97 Å². The number of nitrogens with zero attached hydrogens (tertiary/aromatic N) is 2. The van der Waals surface area contributed by atoms with Crippen LogP contribution in [-0.2, 0) is 0 Å². The zero-order valence-corrected chi connectivity index (χ0v) is 10.1. The fraction of sp³-hybridized carbons (Fsp3) is 0. The number of fused-ring (bicyclic) bond motifs is 2. The predicted molar refractivity (Wildman–Crippen MR) is 71.0 cm³/mol. The summed E-state index contributed by atoms with van der Waals surface area (Å²) in [5, 5.41) is 18.1.